The smallest absolute Gasteiger partial charge is 0.240 e. The summed E-state index contributed by atoms with van der Waals surface area (Å²) in [5.41, 5.74) is 6.60. The first-order chi connectivity index (χ1) is 8.92. The number of ether oxygens (including phenoxy) is 1. The minimum atomic E-state index is -0.772. The van der Waals surface area contributed by atoms with E-state index >= 15 is 0 Å². The van der Waals surface area contributed by atoms with Crippen molar-refractivity contribution in [1.29, 1.82) is 0 Å². The van der Waals surface area contributed by atoms with Crippen molar-refractivity contribution in [2.75, 3.05) is 13.2 Å². The molecular weight excluding hydrogens is 296 g/mol. The molecule has 1 saturated heterocycles. The van der Waals surface area contributed by atoms with Crippen LogP contribution in [0.2, 0.25) is 0 Å². The van der Waals surface area contributed by atoms with Gasteiger partial charge < -0.3 is 15.8 Å². The molecule has 1 aromatic rings. The predicted molar refractivity (Wildman–Crippen MR) is 84.6 cm³/mol. The molecule has 1 aromatic heterocycles. The maximum atomic E-state index is 12.3. The zero-order valence-corrected chi connectivity index (χ0v) is 13.8. The van der Waals surface area contributed by atoms with Crippen LogP contribution in [0, 0.1) is 13.8 Å². The SMILES string of the molecule is Cc1cc(C(C)NC(=O)C2(N)CCOCC2)c(C)s1.Cl. The van der Waals surface area contributed by atoms with Gasteiger partial charge in [-0.25, -0.2) is 0 Å². The van der Waals surface area contributed by atoms with E-state index < -0.39 is 5.54 Å². The summed E-state index contributed by atoms with van der Waals surface area (Å²) >= 11 is 1.76. The van der Waals surface area contributed by atoms with E-state index in [2.05, 4.69) is 25.2 Å². The average molecular weight is 319 g/mol. The molecule has 1 fully saturated rings. The number of amides is 1. The number of rotatable bonds is 3. The lowest BCUT2D eigenvalue weighted by atomic mass is 9.90. The maximum absolute atomic E-state index is 12.3. The standard InChI is InChI=1S/C14H22N2O2S.ClH/c1-9-8-12(11(3)19-9)10(2)16-13(17)14(15)4-6-18-7-5-14;/h8,10H,4-7,15H2,1-3H3,(H,16,17);1H. The summed E-state index contributed by atoms with van der Waals surface area (Å²) in [6.45, 7) is 7.31. The molecule has 1 atom stereocenters. The van der Waals surface area contributed by atoms with Crippen LogP contribution in [0.5, 0.6) is 0 Å². The molecule has 0 saturated carbocycles. The van der Waals surface area contributed by atoms with E-state index in [4.69, 9.17) is 10.5 Å². The van der Waals surface area contributed by atoms with Crippen LogP contribution in [0.4, 0.5) is 0 Å². The van der Waals surface area contributed by atoms with Crippen LogP contribution in [-0.4, -0.2) is 24.7 Å². The van der Waals surface area contributed by atoms with Crippen molar-refractivity contribution < 1.29 is 9.53 Å². The highest BCUT2D eigenvalue weighted by Crippen LogP contribution is 2.27. The number of nitrogens with two attached hydrogens (primary N) is 1. The van der Waals surface area contributed by atoms with Crippen LogP contribution in [0.15, 0.2) is 6.07 Å². The van der Waals surface area contributed by atoms with Gasteiger partial charge in [-0.3, -0.25) is 4.79 Å². The normalized spacial score (nSPS) is 19.0. The summed E-state index contributed by atoms with van der Waals surface area (Å²) < 4.78 is 5.27. The molecule has 114 valence electrons. The highest BCUT2D eigenvalue weighted by molar-refractivity contribution is 7.12. The van der Waals surface area contributed by atoms with Crippen molar-refractivity contribution in [3.8, 4) is 0 Å². The highest BCUT2D eigenvalue weighted by Gasteiger charge is 2.36. The minimum absolute atomic E-state index is 0. The van der Waals surface area contributed by atoms with Crippen LogP contribution in [-0.2, 0) is 9.53 Å². The first kappa shape index (κ1) is 17.4. The quantitative estimate of drug-likeness (QED) is 0.900. The number of thiophene rings is 1. The van der Waals surface area contributed by atoms with Gasteiger partial charge in [0.2, 0.25) is 5.91 Å². The molecular formula is C14H23ClN2O2S. The monoisotopic (exact) mass is 318 g/mol. The summed E-state index contributed by atoms with van der Waals surface area (Å²) in [5.74, 6) is -0.0634. The minimum Gasteiger partial charge on any atom is -0.381 e. The van der Waals surface area contributed by atoms with Crippen molar-refractivity contribution in [3.63, 3.8) is 0 Å². The third kappa shape index (κ3) is 3.73. The second-order valence-electron chi connectivity index (χ2n) is 5.33. The first-order valence-corrected chi connectivity index (χ1v) is 7.48. The number of carbonyl (C=O) groups excluding carboxylic acids is 1. The maximum Gasteiger partial charge on any atom is 0.240 e. The highest BCUT2D eigenvalue weighted by atomic mass is 35.5. The van der Waals surface area contributed by atoms with Crippen LogP contribution >= 0.6 is 23.7 Å². The van der Waals surface area contributed by atoms with Crippen molar-refractivity contribution in [1.82, 2.24) is 5.32 Å². The zero-order chi connectivity index (χ0) is 14.0. The Morgan fingerprint density at radius 3 is 2.55 bits per heavy atom. The molecule has 0 aliphatic carbocycles. The van der Waals surface area contributed by atoms with Gasteiger partial charge in [0, 0.05) is 23.0 Å². The number of hydrogen-bond donors (Lipinski definition) is 2. The fraction of sp³-hybridized carbons (Fsp3) is 0.643. The number of hydrogen-bond acceptors (Lipinski definition) is 4. The second kappa shape index (κ2) is 6.89. The van der Waals surface area contributed by atoms with E-state index in [1.54, 1.807) is 11.3 Å². The third-order valence-corrected chi connectivity index (χ3v) is 4.71. The Hall–Kier alpha value is -0.620. The Morgan fingerprint density at radius 2 is 2.05 bits per heavy atom. The van der Waals surface area contributed by atoms with Crippen LogP contribution in [0.3, 0.4) is 0 Å². The second-order valence-corrected chi connectivity index (χ2v) is 6.79. The van der Waals surface area contributed by atoms with E-state index in [9.17, 15) is 4.79 Å². The molecule has 1 unspecified atom stereocenters. The molecule has 0 aromatic carbocycles. The fourth-order valence-electron chi connectivity index (χ4n) is 2.46. The van der Waals surface area contributed by atoms with E-state index in [0.717, 1.165) is 0 Å². The molecule has 1 aliphatic heterocycles. The summed E-state index contributed by atoms with van der Waals surface area (Å²) in [7, 11) is 0. The lowest BCUT2D eigenvalue weighted by Crippen LogP contribution is -2.57. The summed E-state index contributed by atoms with van der Waals surface area (Å²) in [6, 6.07) is 2.14. The summed E-state index contributed by atoms with van der Waals surface area (Å²) in [6.07, 6.45) is 1.18. The number of aryl methyl sites for hydroxylation is 2. The molecule has 0 spiro atoms. The van der Waals surface area contributed by atoms with Crippen LogP contribution in [0.1, 0.15) is 41.1 Å². The predicted octanol–water partition coefficient (Wildman–Crippen LogP) is 2.47. The van der Waals surface area contributed by atoms with Crippen molar-refractivity contribution in [2.24, 2.45) is 5.73 Å². The molecule has 3 N–H and O–H groups in total. The first-order valence-electron chi connectivity index (χ1n) is 6.67. The molecule has 0 bridgehead atoms. The molecule has 1 amide bonds. The fourth-order valence-corrected chi connectivity index (χ4v) is 3.48. The van der Waals surface area contributed by atoms with Gasteiger partial charge in [0.05, 0.1) is 11.6 Å². The Morgan fingerprint density at radius 1 is 1.45 bits per heavy atom. The van der Waals surface area contributed by atoms with E-state index in [-0.39, 0.29) is 24.4 Å². The molecule has 1 aliphatic rings. The van der Waals surface area contributed by atoms with E-state index in [0.29, 0.717) is 26.1 Å². The Bertz CT molecular complexity index is 470. The van der Waals surface area contributed by atoms with E-state index in [1.165, 1.54) is 15.3 Å². The molecule has 6 heteroatoms. The van der Waals surface area contributed by atoms with Gasteiger partial charge in [0.15, 0.2) is 0 Å². The Balaban J connectivity index is 0.00000200. The van der Waals surface area contributed by atoms with Gasteiger partial charge in [-0.1, -0.05) is 0 Å². The average Bonchev–Trinajstić information content (AvgIpc) is 2.69. The number of carbonyl (C=O) groups is 1. The van der Waals surface area contributed by atoms with E-state index in [1.807, 2.05) is 6.92 Å². The topological polar surface area (TPSA) is 64.4 Å². The molecule has 2 heterocycles. The molecule has 0 radical (unpaired) electrons. The lowest BCUT2D eigenvalue weighted by Gasteiger charge is -2.33. The molecule has 2 rings (SSSR count). The van der Waals surface area contributed by atoms with Gasteiger partial charge >= 0.3 is 0 Å². The number of halogens is 1. The zero-order valence-electron chi connectivity index (χ0n) is 12.2. The largest absolute Gasteiger partial charge is 0.381 e. The summed E-state index contributed by atoms with van der Waals surface area (Å²) in [4.78, 5) is 14.9. The molecule has 4 nitrogen and oxygen atoms in total. The van der Waals surface area contributed by atoms with Gasteiger partial charge in [-0.05, 0) is 45.2 Å². The van der Waals surface area contributed by atoms with Crippen LogP contribution in [0.25, 0.3) is 0 Å². The van der Waals surface area contributed by atoms with Gasteiger partial charge in [0.1, 0.15) is 0 Å². The van der Waals surface area contributed by atoms with Crippen molar-refractivity contribution in [3.05, 3.63) is 21.4 Å². The molecule has 20 heavy (non-hydrogen) atoms. The Kier molecular flexibility index (Phi) is 6.01. The van der Waals surface area contributed by atoms with Gasteiger partial charge in [0.25, 0.3) is 0 Å². The summed E-state index contributed by atoms with van der Waals surface area (Å²) in [5, 5.41) is 3.05. The van der Waals surface area contributed by atoms with Gasteiger partial charge in [-0.15, -0.1) is 23.7 Å². The van der Waals surface area contributed by atoms with Crippen molar-refractivity contribution >= 4 is 29.7 Å². The lowest BCUT2D eigenvalue weighted by molar-refractivity contribution is -0.130. The van der Waals surface area contributed by atoms with Crippen LogP contribution < -0.4 is 11.1 Å². The third-order valence-electron chi connectivity index (χ3n) is 3.73. The van der Waals surface area contributed by atoms with Crippen molar-refractivity contribution in [2.45, 2.75) is 45.2 Å². The number of nitrogens with one attached hydrogen (secondary N) is 1. The Labute approximate surface area is 130 Å². The van der Waals surface area contributed by atoms with Gasteiger partial charge in [-0.2, -0.15) is 0 Å².